The van der Waals surface area contributed by atoms with Crippen LogP contribution in [-0.2, 0) is 11.3 Å². The minimum absolute atomic E-state index is 0.0741. The Hall–Kier alpha value is -2.77. The van der Waals surface area contributed by atoms with Crippen molar-refractivity contribution in [1.29, 1.82) is 0 Å². The van der Waals surface area contributed by atoms with Gasteiger partial charge in [0.05, 0.1) is 12.2 Å². The molecule has 1 aromatic carbocycles. The number of nitrogens with zero attached hydrogens (tertiary/aromatic N) is 2. The number of carbonyl (C=O) groups is 2. The van der Waals surface area contributed by atoms with E-state index in [4.69, 9.17) is 11.6 Å². The second-order valence-electron chi connectivity index (χ2n) is 6.78. The summed E-state index contributed by atoms with van der Waals surface area (Å²) in [6.45, 7) is 4.07. The number of hydrogen-bond acceptors (Lipinski definition) is 5. The van der Waals surface area contributed by atoms with Crippen LogP contribution >= 0.6 is 22.9 Å². The van der Waals surface area contributed by atoms with E-state index in [0.29, 0.717) is 17.1 Å². The van der Waals surface area contributed by atoms with Crippen LogP contribution < -0.4 is 10.6 Å². The highest BCUT2D eigenvalue weighted by Gasteiger charge is 2.24. The van der Waals surface area contributed by atoms with E-state index >= 15 is 0 Å². The van der Waals surface area contributed by atoms with Crippen LogP contribution in [0.3, 0.4) is 0 Å². The summed E-state index contributed by atoms with van der Waals surface area (Å²) in [6, 6.07) is 9.66. The number of rotatable bonds is 7. The Kier molecular flexibility index (Phi) is 6.95. The molecule has 2 aromatic heterocycles. The summed E-state index contributed by atoms with van der Waals surface area (Å²) < 4.78 is 0. The van der Waals surface area contributed by atoms with Crippen LogP contribution in [0, 0.1) is 5.92 Å². The molecule has 1 unspecified atom stereocenters. The summed E-state index contributed by atoms with van der Waals surface area (Å²) in [5.41, 5.74) is 2.27. The van der Waals surface area contributed by atoms with E-state index in [1.807, 2.05) is 31.4 Å². The number of amides is 2. The molecule has 0 aliphatic rings. The maximum absolute atomic E-state index is 12.7. The molecule has 0 saturated carbocycles. The van der Waals surface area contributed by atoms with E-state index in [2.05, 4.69) is 20.6 Å². The maximum Gasteiger partial charge on any atom is 0.251 e. The zero-order chi connectivity index (χ0) is 20.8. The van der Waals surface area contributed by atoms with Crippen molar-refractivity contribution in [2.75, 3.05) is 0 Å². The first-order valence-electron chi connectivity index (χ1n) is 9.13. The van der Waals surface area contributed by atoms with Gasteiger partial charge in [0, 0.05) is 33.9 Å². The van der Waals surface area contributed by atoms with Gasteiger partial charge in [0.1, 0.15) is 11.0 Å². The molecular weight excluding hydrogens is 408 g/mol. The Labute approximate surface area is 178 Å². The highest BCUT2D eigenvalue weighted by atomic mass is 35.5. The van der Waals surface area contributed by atoms with Crippen LogP contribution in [0.25, 0.3) is 11.3 Å². The van der Waals surface area contributed by atoms with Gasteiger partial charge in [-0.05, 0) is 42.3 Å². The zero-order valence-corrected chi connectivity index (χ0v) is 17.6. The third kappa shape index (κ3) is 5.62. The summed E-state index contributed by atoms with van der Waals surface area (Å²) in [5, 5.41) is 8.96. The van der Waals surface area contributed by atoms with Gasteiger partial charge in [-0.15, -0.1) is 11.3 Å². The normalized spacial score (nSPS) is 11.9. The van der Waals surface area contributed by atoms with E-state index in [1.54, 1.807) is 36.7 Å². The van der Waals surface area contributed by atoms with Crippen LogP contribution in [0.4, 0.5) is 0 Å². The van der Waals surface area contributed by atoms with Gasteiger partial charge in [0.2, 0.25) is 5.91 Å². The number of benzene rings is 1. The first-order chi connectivity index (χ1) is 13.9. The SMILES string of the molecule is CC(C)C(NC(=O)c1ccc(Cl)cc1)C(=O)NCc1nc(-c2ccncc2)cs1. The fourth-order valence-electron chi connectivity index (χ4n) is 2.68. The number of aromatic nitrogens is 2. The molecule has 0 aliphatic carbocycles. The van der Waals surface area contributed by atoms with E-state index in [9.17, 15) is 9.59 Å². The molecule has 0 spiro atoms. The number of halogens is 1. The third-order valence-electron chi connectivity index (χ3n) is 4.28. The lowest BCUT2D eigenvalue weighted by Gasteiger charge is -2.21. The Morgan fingerprint density at radius 1 is 1.10 bits per heavy atom. The van der Waals surface area contributed by atoms with E-state index in [0.717, 1.165) is 16.3 Å². The van der Waals surface area contributed by atoms with Gasteiger partial charge in [0.25, 0.3) is 5.91 Å². The smallest absolute Gasteiger partial charge is 0.251 e. The van der Waals surface area contributed by atoms with Crippen LogP contribution in [-0.4, -0.2) is 27.8 Å². The number of pyridine rings is 1. The molecule has 2 N–H and O–H groups in total. The quantitative estimate of drug-likeness (QED) is 0.597. The Morgan fingerprint density at radius 3 is 2.45 bits per heavy atom. The predicted molar refractivity (Wildman–Crippen MR) is 115 cm³/mol. The van der Waals surface area contributed by atoms with Crippen molar-refractivity contribution >= 4 is 34.8 Å². The Morgan fingerprint density at radius 2 is 1.79 bits per heavy atom. The van der Waals surface area contributed by atoms with Crippen molar-refractivity contribution in [3.8, 4) is 11.3 Å². The number of carbonyl (C=O) groups excluding carboxylic acids is 2. The van der Waals surface area contributed by atoms with Gasteiger partial charge in [-0.1, -0.05) is 25.4 Å². The second-order valence-corrected chi connectivity index (χ2v) is 8.16. The van der Waals surface area contributed by atoms with E-state index in [1.165, 1.54) is 11.3 Å². The fraction of sp³-hybridized carbons (Fsp3) is 0.238. The van der Waals surface area contributed by atoms with Crippen molar-refractivity contribution in [3.05, 3.63) is 69.8 Å². The number of nitrogens with one attached hydrogen (secondary N) is 2. The van der Waals surface area contributed by atoms with Crippen molar-refractivity contribution in [3.63, 3.8) is 0 Å². The summed E-state index contributed by atoms with van der Waals surface area (Å²) in [4.78, 5) is 33.7. The van der Waals surface area contributed by atoms with Crippen molar-refractivity contribution < 1.29 is 9.59 Å². The largest absolute Gasteiger partial charge is 0.348 e. The molecular formula is C21H21ClN4O2S. The average Bonchev–Trinajstić information content (AvgIpc) is 3.20. The van der Waals surface area contributed by atoms with Crippen LogP contribution in [0.1, 0.15) is 29.2 Å². The monoisotopic (exact) mass is 428 g/mol. The maximum atomic E-state index is 12.7. The van der Waals surface area contributed by atoms with Gasteiger partial charge < -0.3 is 10.6 Å². The summed E-state index contributed by atoms with van der Waals surface area (Å²) in [6.07, 6.45) is 3.43. The summed E-state index contributed by atoms with van der Waals surface area (Å²) in [7, 11) is 0. The minimum Gasteiger partial charge on any atom is -0.348 e. The van der Waals surface area contributed by atoms with Crippen molar-refractivity contribution in [2.24, 2.45) is 5.92 Å². The summed E-state index contributed by atoms with van der Waals surface area (Å²) >= 11 is 7.33. The molecule has 0 bridgehead atoms. The molecule has 3 rings (SSSR count). The molecule has 1 atom stereocenters. The van der Waals surface area contributed by atoms with Gasteiger partial charge >= 0.3 is 0 Å². The zero-order valence-electron chi connectivity index (χ0n) is 16.1. The molecule has 0 radical (unpaired) electrons. The summed E-state index contributed by atoms with van der Waals surface area (Å²) in [5.74, 6) is -0.636. The lowest BCUT2D eigenvalue weighted by Crippen LogP contribution is -2.49. The molecule has 0 saturated heterocycles. The van der Waals surface area contributed by atoms with Crippen molar-refractivity contribution in [2.45, 2.75) is 26.4 Å². The molecule has 2 heterocycles. The molecule has 0 aliphatic heterocycles. The number of thiazole rings is 1. The standard InChI is InChI=1S/C21H21ClN4O2S/c1-13(2)19(26-20(27)15-3-5-16(22)6-4-15)21(28)24-11-18-25-17(12-29-18)14-7-9-23-10-8-14/h3-10,12-13,19H,11H2,1-2H3,(H,24,28)(H,26,27). The fourth-order valence-corrected chi connectivity index (χ4v) is 3.55. The highest BCUT2D eigenvalue weighted by Crippen LogP contribution is 2.21. The molecule has 29 heavy (non-hydrogen) atoms. The topological polar surface area (TPSA) is 84.0 Å². The van der Waals surface area contributed by atoms with E-state index in [-0.39, 0.29) is 17.7 Å². The lowest BCUT2D eigenvalue weighted by atomic mass is 10.0. The van der Waals surface area contributed by atoms with Gasteiger partial charge in [0.15, 0.2) is 0 Å². The van der Waals surface area contributed by atoms with Gasteiger partial charge in [-0.2, -0.15) is 0 Å². The second kappa shape index (κ2) is 9.62. The third-order valence-corrected chi connectivity index (χ3v) is 5.38. The first-order valence-corrected chi connectivity index (χ1v) is 10.4. The highest BCUT2D eigenvalue weighted by molar-refractivity contribution is 7.09. The molecule has 0 fully saturated rings. The predicted octanol–water partition coefficient (Wildman–Crippen LogP) is 3.93. The Bertz CT molecular complexity index is 974. The Balaban J connectivity index is 1.60. The van der Waals surface area contributed by atoms with Crippen LogP contribution in [0.15, 0.2) is 54.2 Å². The van der Waals surface area contributed by atoms with Crippen LogP contribution in [0.2, 0.25) is 5.02 Å². The molecule has 6 nitrogen and oxygen atoms in total. The molecule has 8 heteroatoms. The van der Waals surface area contributed by atoms with Crippen LogP contribution in [0.5, 0.6) is 0 Å². The lowest BCUT2D eigenvalue weighted by molar-refractivity contribution is -0.124. The number of hydrogen-bond donors (Lipinski definition) is 2. The molecule has 3 aromatic rings. The molecule has 2 amide bonds. The minimum atomic E-state index is -0.655. The molecule has 150 valence electrons. The van der Waals surface area contributed by atoms with Gasteiger partial charge in [-0.3, -0.25) is 14.6 Å². The van der Waals surface area contributed by atoms with Gasteiger partial charge in [-0.25, -0.2) is 4.98 Å². The first kappa shape index (κ1) is 21.0. The van der Waals surface area contributed by atoms with E-state index < -0.39 is 6.04 Å². The van der Waals surface area contributed by atoms with Crippen molar-refractivity contribution in [1.82, 2.24) is 20.6 Å². The average molecular weight is 429 g/mol.